The molecule has 1 N–H and O–H groups in total. The summed E-state index contributed by atoms with van der Waals surface area (Å²) in [6, 6.07) is 14.3. The molecule has 4 heteroatoms. The van der Waals surface area contributed by atoms with Gasteiger partial charge in [0, 0.05) is 18.7 Å². The summed E-state index contributed by atoms with van der Waals surface area (Å²) in [5.41, 5.74) is 1.20. The van der Waals surface area contributed by atoms with Crippen molar-refractivity contribution >= 4 is 0 Å². The third-order valence-corrected chi connectivity index (χ3v) is 4.16. The molecule has 0 aliphatic carbocycles. The van der Waals surface area contributed by atoms with Gasteiger partial charge in [-0.1, -0.05) is 30.3 Å². The Labute approximate surface area is 137 Å². The largest absolute Gasteiger partial charge is 0.480 e. The van der Waals surface area contributed by atoms with E-state index in [9.17, 15) is 0 Å². The predicted molar refractivity (Wildman–Crippen MR) is 90.8 cm³/mol. The van der Waals surface area contributed by atoms with Crippen LogP contribution in [0.1, 0.15) is 31.4 Å². The quantitative estimate of drug-likeness (QED) is 0.885. The molecule has 0 spiro atoms. The number of benzene rings is 1. The molecule has 0 bridgehead atoms. The van der Waals surface area contributed by atoms with Crippen LogP contribution in [0.25, 0.3) is 0 Å². The first-order valence-corrected chi connectivity index (χ1v) is 8.38. The molecule has 3 rings (SSSR count). The Balaban J connectivity index is 1.86. The fourth-order valence-corrected chi connectivity index (χ4v) is 3.06. The number of nitrogens with zero attached hydrogens (tertiary/aromatic N) is 1. The highest BCUT2D eigenvalue weighted by atomic mass is 16.5. The number of ether oxygens (including phenoxy) is 2. The third kappa shape index (κ3) is 4.02. The SMILES string of the molecule is CCOc1ncccc1O[C@H](c1ccccc1)[C@H]1CCCNC1. The monoisotopic (exact) mass is 312 g/mol. The van der Waals surface area contributed by atoms with E-state index in [2.05, 4.69) is 34.6 Å². The van der Waals surface area contributed by atoms with Gasteiger partial charge in [0.1, 0.15) is 6.10 Å². The standard InChI is InChI=1S/C19H24N2O2/c1-2-22-19-17(11-7-13-21-19)23-18(15-8-4-3-5-9-15)16-10-6-12-20-14-16/h3-5,7-9,11,13,16,18,20H,2,6,10,12,14H2,1H3/t16-,18+/m0/s1. The molecule has 2 aromatic rings. The van der Waals surface area contributed by atoms with Gasteiger partial charge in [-0.3, -0.25) is 0 Å². The lowest BCUT2D eigenvalue weighted by Gasteiger charge is -2.31. The molecular formula is C19H24N2O2. The zero-order valence-electron chi connectivity index (χ0n) is 13.6. The van der Waals surface area contributed by atoms with Gasteiger partial charge in [0.25, 0.3) is 5.88 Å². The molecule has 4 nitrogen and oxygen atoms in total. The van der Waals surface area contributed by atoms with E-state index < -0.39 is 0 Å². The van der Waals surface area contributed by atoms with E-state index in [4.69, 9.17) is 9.47 Å². The van der Waals surface area contributed by atoms with Gasteiger partial charge >= 0.3 is 0 Å². The summed E-state index contributed by atoms with van der Waals surface area (Å²) in [5, 5.41) is 3.48. The Morgan fingerprint density at radius 1 is 1.22 bits per heavy atom. The van der Waals surface area contributed by atoms with Crippen LogP contribution in [-0.2, 0) is 0 Å². The van der Waals surface area contributed by atoms with Crippen LogP contribution in [0.15, 0.2) is 48.7 Å². The lowest BCUT2D eigenvalue weighted by Crippen LogP contribution is -2.35. The smallest absolute Gasteiger partial charge is 0.257 e. The van der Waals surface area contributed by atoms with Gasteiger partial charge in [-0.2, -0.15) is 0 Å². The van der Waals surface area contributed by atoms with E-state index in [1.165, 1.54) is 12.0 Å². The molecule has 1 aromatic carbocycles. The topological polar surface area (TPSA) is 43.4 Å². The van der Waals surface area contributed by atoms with Crippen LogP contribution >= 0.6 is 0 Å². The van der Waals surface area contributed by atoms with Crippen molar-refractivity contribution in [2.75, 3.05) is 19.7 Å². The number of pyridine rings is 1. The van der Waals surface area contributed by atoms with Gasteiger partial charge in [-0.25, -0.2) is 4.98 Å². The van der Waals surface area contributed by atoms with Gasteiger partial charge in [0.2, 0.25) is 0 Å². The van der Waals surface area contributed by atoms with Crippen molar-refractivity contribution in [3.8, 4) is 11.6 Å². The van der Waals surface area contributed by atoms with Crippen LogP contribution in [0.3, 0.4) is 0 Å². The molecule has 0 radical (unpaired) electrons. The molecule has 1 fully saturated rings. The van der Waals surface area contributed by atoms with Gasteiger partial charge in [-0.15, -0.1) is 0 Å². The van der Waals surface area contributed by atoms with Gasteiger partial charge in [-0.05, 0) is 44.0 Å². The molecule has 2 heterocycles. The van der Waals surface area contributed by atoms with E-state index in [-0.39, 0.29) is 6.10 Å². The summed E-state index contributed by atoms with van der Waals surface area (Å²) in [4.78, 5) is 4.30. The zero-order valence-corrected chi connectivity index (χ0v) is 13.6. The number of aromatic nitrogens is 1. The average molecular weight is 312 g/mol. The van der Waals surface area contributed by atoms with Crippen molar-refractivity contribution in [2.24, 2.45) is 5.92 Å². The Kier molecular flexibility index (Phi) is 5.48. The van der Waals surface area contributed by atoms with Crippen LogP contribution < -0.4 is 14.8 Å². The van der Waals surface area contributed by atoms with Gasteiger partial charge in [0.15, 0.2) is 5.75 Å². The molecule has 0 unspecified atom stereocenters. The van der Waals surface area contributed by atoms with E-state index >= 15 is 0 Å². The second kappa shape index (κ2) is 7.97. The number of hydrogen-bond donors (Lipinski definition) is 1. The van der Waals surface area contributed by atoms with Gasteiger partial charge in [0.05, 0.1) is 6.61 Å². The first-order chi connectivity index (χ1) is 11.4. The molecule has 1 saturated heterocycles. The fraction of sp³-hybridized carbons (Fsp3) is 0.421. The Bertz CT molecular complexity index is 597. The first kappa shape index (κ1) is 15.8. The molecule has 1 aliphatic heterocycles. The molecule has 23 heavy (non-hydrogen) atoms. The van der Waals surface area contributed by atoms with Crippen molar-refractivity contribution in [2.45, 2.75) is 25.9 Å². The normalized spacial score (nSPS) is 19.1. The number of rotatable bonds is 6. The number of piperidine rings is 1. The molecule has 0 amide bonds. The van der Waals surface area contributed by atoms with Crippen molar-refractivity contribution in [3.63, 3.8) is 0 Å². The molecule has 1 aliphatic rings. The lowest BCUT2D eigenvalue weighted by molar-refractivity contribution is 0.110. The maximum absolute atomic E-state index is 6.40. The highest BCUT2D eigenvalue weighted by Crippen LogP contribution is 2.35. The minimum absolute atomic E-state index is 0.00686. The maximum Gasteiger partial charge on any atom is 0.257 e. The molecule has 122 valence electrons. The minimum Gasteiger partial charge on any atom is -0.480 e. The summed E-state index contributed by atoms with van der Waals surface area (Å²) in [6.45, 7) is 4.60. The minimum atomic E-state index is 0.00686. The van der Waals surface area contributed by atoms with Crippen LogP contribution in [-0.4, -0.2) is 24.7 Å². The van der Waals surface area contributed by atoms with E-state index in [1.807, 2.05) is 25.1 Å². The summed E-state index contributed by atoms with van der Waals surface area (Å²) in [5.74, 6) is 1.73. The summed E-state index contributed by atoms with van der Waals surface area (Å²) in [7, 11) is 0. The molecule has 1 aromatic heterocycles. The van der Waals surface area contributed by atoms with E-state index in [0.717, 1.165) is 19.5 Å². The second-order valence-corrected chi connectivity index (χ2v) is 5.80. The first-order valence-electron chi connectivity index (χ1n) is 8.38. The predicted octanol–water partition coefficient (Wildman–Crippen LogP) is 3.60. The second-order valence-electron chi connectivity index (χ2n) is 5.80. The van der Waals surface area contributed by atoms with Gasteiger partial charge < -0.3 is 14.8 Å². The number of nitrogens with one attached hydrogen (secondary N) is 1. The summed E-state index contributed by atoms with van der Waals surface area (Å²) < 4.78 is 12.0. The van der Waals surface area contributed by atoms with Crippen LogP contribution in [0.2, 0.25) is 0 Å². The summed E-state index contributed by atoms with van der Waals surface area (Å²) >= 11 is 0. The van der Waals surface area contributed by atoms with E-state index in [0.29, 0.717) is 24.2 Å². The van der Waals surface area contributed by atoms with E-state index in [1.54, 1.807) is 6.20 Å². The summed E-state index contributed by atoms with van der Waals surface area (Å²) in [6.07, 6.45) is 4.09. The van der Waals surface area contributed by atoms with Crippen molar-refractivity contribution < 1.29 is 9.47 Å². The van der Waals surface area contributed by atoms with Crippen molar-refractivity contribution in [1.29, 1.82) is 0 Å². The maximum atomic E-state index is 6.40. The third-order valence-electron chi connectivity index (χ3n) is 4.16. The lowest BCUT2D eigenvalue weighted by atomic mass is 9.89. The van der Waals surface area contributed by atoms with Crippen LogP contribution in [0.5, 0.6) is 11.6 Å². The average Bonchev–Trinajstić information content (AvgIpc) is 2.63. The molecule has 2 atom stereocenters. The number of hydrogen-bond acceptors (Lipinski definition) is 4. The molecule has 0 saturated carbocycles. The van der Waals surface area contributed by atoms with Crippen molar-refractivity contribution in [3.05, 3.63) is 54.2 Å². The molecular weight excluding hydrogens is 288 g/mol. The Hall–Kier alpha value is -2.07. The highest BCUT2D eigenvalue weighted by Gasteiger charge is 2.27. The highest BCUT2D eigenvalue weighted by molar-refractivity contribution is 5.34. The zero-order chi connectivity index (χ0) is 15.9. The van der Waals surface area contributed by atoms with Crippen LogP contribution in [0, 0.1) is 5.92 Å². The van der Waals surface area contributed by atoms with Crippen LogP contribution in [0.4, 0.5) is 0 Å². The Morgan fingerprint density at radius 2 is 2.09 bits per heavy atom. The Morgan fingerprint density at radius 3 is 2.83 bits per heavy atom. The fourth-order valence-electron chi connectivity index (χ4n) is 3.06. The van der Waals surface area contributed by atoms with Crippen molar-refractivity contribution in [1.82, 2.24) is 10.3 Å².